The van der Waals surface area contributed by atoms with Gasteiger partial charge in [-0.3, -0.25) is 9.59 Å². The van der Waals surface area contributed by atoms with Crippen molar-refractivity contribution in [3.8, 4) is 16.9 Å². The van der Waals surface area contributed by atoms with Gasteiger partial charge < -0.3 is 19.7 Å². The van der Waals surface area contributed by atoms with Crippen LogP contribution in [0.1, 0.15) is 36.8 Å². The lowest BCUT2D eigenvalue weighted by Crippen LogP contribution is -2.20. The average molecular weight is 623 g/mol. The number of aliphatic hydroxyl groups excluding tert-OH is 2. The Morgan fingerprint density at radius 2 is 1.74 bits per heavy atom. The van der Waals surface area contributed by atoms with Gasteiger partial charge in [0.15, 0.2) is 0 Å². The van der Waals surface area contributed by atoms with E-state index in [1.54, 1.807) is 37.1 Å². The zero-order valence-electron chi connectivity index (χ0n) is 24.4. The van der Waals surface area contributed by atoms with Gasteiger partial charge in [0.2, 0.25) is 0 Å². The second-order valence-electron chi connectivity index (χ2n) is 10.8. The predicted octanol–water partition coefficient (Wildman–Crippen LogP) is 6.69. The number of hydrogen-bond acceptors (Lipinski definition) is 7. The summed E-state index contributed by atoms with van der Waals surface area (Å²) in [7, 11) is 1.65. The molecule has 0 bridgehead atoms. The Morgan fingerprint density at radius 3 is 2.47 bits per heavy atom. The van der Waals surface area contributed by atoms with Crippen molar-refractivity contribution in [3.63, 3.8) is 0 Å². The SMILES string of the molecule is COCc1cccc(C[C@H](O)C=C[C@H]2[C@H](O)CC(=O)[C@@H]2CCSCCCC(=O)Oc2ccc(-c3ccc(Cl)cc3)cc2)c1. The lowest BCUT2D eigenvalue weighted by Gasteiger charge is -2.18. The zero-order chi connectivity index (χ0) is 30.6. The van der Waals surface area contributed by atoms with Crippen LogP contribution in [-0.4, -0.2) is 52.8 Å². The molecule has 2 N–H and O–H groups in total. The van der Waals surface area contributed by atoms with Gasteiger partial charge in [-0.25, -0.2) is 0 Å². The number of carbonyl (C=O) groups is 2. The number of carbonyl (C=O) groups excluding carboxylic acids is 2. The molecule has 0 unspecified atom stereocenters. The van der Waals surface area contributed by atoms with Crippen LogP contribution in [0.15, 0.2) is 84.9 Å². The normalized spacial score (nSPS) is 19.2. The summed E-state index contributed by atoms with van der Waals surface area (Å²) in [5.41, 5.74) is 4.09. The van der Waals surface area contributed by atoms with Crippen LogP contribution in [-0.2, 0) is 27.4 Å². The predicted molar refractivity (Wildman–Crippen MR) is 172 cm³/mol. The molecule has 1 fully saturated rings. The van der Waals surface area contributed by atoms with Gasteiger partial charge in [-0.15, -0.1) is 0 Å². The number of methoxy groups -OCH3 is 1. The summed E-state index contributed by atoms with van der Waals surface area (Å²) in [4.78, 5) is 24.9. The van der Waals surface area contributed by atoms with E-state index < -0.39 is 12.2 Å². The third kappa shape index (κ3) is 10.3. The van der Waals surface area contributed by atoms with Crippen molar-refractivity contribution in [1.29, 1.82) is 0 Å². The third-order valence-electron chi connectivity index (χ3n) is 7.54. The quantitative estimate of drug-likeness (QED) is 0.0844. The monoisotopic (exact) mass is 622 g/mol. The maximum atomic E-state index is 12.6. The molecule has 0 amide bonds. The van der Waals surface area contributed by atoms with Crippen LogP contribution in [0.2, 0.25) is 5.02 Å². The van der Waals surface area contributed by atoms with Gasteiger partial charge in [-0.1, -0.05) is 72.3 Å². The number of halogens is 1. The minimum Gasteiger partial charge on any atom is -0.427 e. The zero-order valence-corrected chi connectivity index (χ0v) is 25.9. The van der Waals surface area contributed by atoms with Crippen molar-refractivity contribution in [3.05, 3.63) is 101 Å². The summed E-state index contributed by atoms with van der Waals surface area (Å²) in [6, 6.07) is 22.9. The molecule has 0 heterocycles. The number of ether oxygens (including phenoxy) is 2. The molecule has 1 aliphatic carbocycles. The maximum absolute atomic E-state index is 12.6. The van der Waals surface area contributed by atoms with Crippen molar-refractivity contribution < 1.29 is 29.3 Å². The number of ketones is 1. The number of benzene rings is 3. The Labute approximate surface area is 263 Å². The molecular formula is C35H39ClO6S. The highest BCUT2D eigenvalue weighted by Gasteiger charge is 2.39. The molecular weight excluding hydrogens is 584 g/mol. The van der Waals surface area contributed by atoms with Crippen molar-refractivity contribution in [1.82, 2.24) is 0 Å². The highest BCUT2D eigenvalue weighted by Crippen LogP contribution is 2.34. The molecule has 0 radical (unpaired) electrons. The first-order valence-corrected chi connectivity index (χ1v) is 16.1. The van der Waals surface area contributed by atoms with Gasteiger partial charge in [0.05, 0.1) is 18.8 Å². The summed E-state index contributed by atoms with van der Waals surface area (Å²) >= 11 is 7.65. The van der Waals surface area contributed by atoms with Crippen molar-refractivity contribution in [2.24, 2.45) is 11.8 Å². The summed E-state index contributed by atoms with van der Waals surface area (Å²) in [5, 5.41) is 21.8. The molecule has 0 aliphatic heterocycles. The van der Waals surface area contributed by atoms with Crippen LogP contribution < -0.4 is 4.74 Å². The molecule has 3 aromatic rings. The van der Waals surface area contributed by atoms with E-state index in [1.165, 1.54) is 0 Å². The summed E-state index contributed by atoms with van der Waals surface area (Å²) < 4.78 is 10.7. The largest absolute Gasteiger partial charge is 0.427 e. The van der Waals surface area contributed by atoms with Gasteiger partial charge in [0.25, 0.3) is 0 Å². The van der Waals surface area contributed by atoms with Gasteiger partial charge >= 0.3 is 5.97 Å². The van der Waals surface area contributed by atoms with E-state index in [-0.39, 0.29) is 30.0 Å². The Balaban J connectivity index is 1.15. The highest BCUT2D eigenvalue weighted by atomic mass is 35.5. The molecule has 0 aromatic heterocycles. The van der Waals surface area contributed by atoms with Crippen LogP contribution in [0, 0.1) is 11.8 Å². The molecule has 0 spiro atoms. The number of esters is 1. The molecule has 8 heteroatoms. The Hall–Kier alpha value is -2.94. The first kappa shape index (κ1) is 33.0. The van der Waals surface area contributed by atoms with Gasteiger partial charge in [-0.05, 0) is 70.9 Å². The first-order valence-electron chi connectivity index (χ1n) is 14.6. The molecule has 4 rings (SSSR count). The number of rotatable bonds is 15. The number of aliphatic hydroxyl groups is 2. The molecule has 6 nitrogen and oxygen atoms in total. The van der Waals surface area contributed by atoms with E-state index in [2.05, 4.69) is 0 Å². The Bertz CT molecular complexity index is 1360. The van der Waals surface area contributed by atoms with Gasteiger partial charge in [0, 0.05) is 43.2 Å². The molecule has 0 saturated heterocycles. The molecule has 1 saturated carbocycles. The van der Waals surface area contributed by atoms with Gasteiger partial charge in [0.1, 0.15) is 11.5 Å². The summed E-state index contributed by atoms with van der Waals surface area (Å²) in [6.07, 6.45) is 4.30. The summed E-state index contributed by atoms with van der Waals surface area (Å²) in [6.45, 7) is 0.515. The van der Waals surface area contributed by atoms with E-state index in [9.17, 15) is 19.8 Å². The van der Waals surface area contributed by atoms with Crippen LogP contribution in [0.25, 0.3) is 11.1 Å². The van der Waals surface area contributed by atoms with Crippen molar-refractivity contribution in [2.75, 3.05) is 18.6 Å². The fraction of sp³-hybridized carbons (Fsp3) is 0.371. The van der Waals surface area contributed by atoms with E-state index in [4.69, 9.17) is 21.1 Å². The van der Waals surface area contributed by atoms with Crippen molar-refractivity contribution in [2.45, 2.75) is 50.9 Å². The van der Waals surface area contributed by atoms with Gasteiger partial charge in [-0.2, -0.15) is 11.8 Å². The van der Waals surface area contributed by atoms with Crippen LogP contribution in [0.3, 0.4) is 0 Å². The average Bonchev–Trinajstić information content (AvgIpc) is 3.26. The molecule has 228 valence electrons. The second kappa shape index (κ2) is 16.8. The number of hydrogen-bond donors (Lipinski definition) is 2. The highest BCUT2D eigenvalue weighted by molar-refractivity contribution is 7.99. The lowest BCUT2D eigenvalue weighted by atomic mass is 9.91. The molecule has 43 heavy (non-hydrogen) atoms. The number of Topliss-reactive ketones (excluding diaryl/α,β-unsaturated/α-hetero) is 1. The van der Waals surface area contributed by atoms with Crippen molar-refractivity contribution >= 4 is 35.1 Å². The van der Waals surface area contributed by atoms with E-state index >= 15 is 0 Å². The topological polar surface area (TPSA) is 93.1 Å². The van der Waals surface area contributed by atoms with Crippen LogP contribution in [0.5, 0.6) is 5.75 Å². The lowest BCUT2D eigenvalue weighted by molar-refractivity contribution is -0.134. The molecule has 1 aliphatic rings. The molecule has 3 aromatic carbocycles. The van der Waals surface area contributed by atoms with E-state index in [0.29, 0.717) is 43.1 Å². The smallest absolute Gasteiger partial charge is 0.311 e. The molecule has 4 atom stereocenters. The summed E-state index contributed by atoms with van der Waals surface area (Å²) in [5.74, 6) is 1.26. The van der Waals surface area contributed by atoms with E-state index in [1.807, 2.05) is 66.7 Å². The fourth-order valence-corrected chi connectivity index (χ4v) is 6.44. The second-order valence-corrected chi connectivity index (χ2v) is 12.5. The minimum atomic E-state index is -0.731. The first-order chi connectivity index (χ1) is 20.8. The fourth-order valence-electron chi connectivity index (χ4n) is 5.34. The van der Waals surface area contributed by atoms with Crippen LogP contribution >= 0.6 is 23.4 Å². The number of thioether (sulfide) groups is 1. The minimum absolute atomic E-state index is 0.0650. The third-order valence-corrected chi connectivity index (χ3v) is 8.90. The maximum Gasteiger partial charge on any atom is 0.311 e. The Kier molecular flexibility index (Phi) is 12.9. The van der Waals surface area contributed by atoms with E-state index in [0.717, 1.165) is 33.8 Å². The van der Waals surface area contributed by atoms with Crippen LogP contribution in [0.4, 0.5) is 0 Å². The standard InChI is InChI=1S/C35H39ClO6S/c1-41-23-25-5-2-4-24(20-25)21-29(37)13-16-31-32(34(39)22-33(31)38)17-19-43-18-3-6-35(40)42-30-14-9-27(10-15-30)26-7-11-28(36)12-8-26/h2,4-5,7-16,20,29,31-33,37-38H,3,6,17-19,21-23H2,1H3/t29-,31-,32-,33-/m1/s1. The Morgan fingerprint density at radius 1 is 1.05 bits per heavy atom.